The molecule has 0 saturated heterocycles. The summed E-state index contributed by atoms with van der Waals surface area (Å²) >= 11 is 0. The molecule has 0 atom stereocenters. The van der Waals surface area contributed by atoms with Crippen molar-refractivity contribution in [2.45, 2.75) is 13.8 Å². The number of aromatic nitrogens is 4. The predicted molar refractivity (Wildman–Crippen MR) is 75.4 cm³/mol. The Hall–Kier alpha value is -2.63. The molecule has 3 aromatic rings. The molecule has 0 spiro atoms. The number of imidazole rings is 1. The van der Waals surface area contributed by atoms with E-state index in [-0.39, 0.29) is 5.56 Å². The van der Waals surface area contributed by atoms with Crippen LogP contribution in [0.15, 0.2) is 35.4 Å². The Morgan fingerprint density at radius 2 is 2.05 bits per heavy atom. The van der Waals surface area contributed by atoms with Crippen LogP contribution in [0.25, 0.3) is 16.9 Å². The van der Waals surface area contributed by atoms with Crippen LogP contribution in [0.1, 0.15) is 12.7 Å². The highest BCUT2D eigenvalue weighted by Gasteiger charge is 2.13. The maximum atomic E-state index is 12.0. The molecule has 102 valence electrons. The molecule has 0 unspecified atom stereocenters. The summed E-state index contributed by atoms with van der Waals surface area (Å²) < 4.78 is 7.20. The molecule has 0 amide bonds. The molecule has 0 aliphatic heterocycles. The van der Waals surface area contributed by atoms with Crippen LogP contribution in [0, 0.1) is 6.92 Å². The van der Waals surface area contributed by atoms with Crippen LogP contribution in [-0.2, 0) is 0 Å². The van der Waals surface area contributed by atoms with E-state index < -0.39 is 0 Å². The molecule has 0 radical (unpaired) electrons. The van der Waals surface area contributed by atoms with Gasteiger partial charge in [0.2, 0.25) is 0 Å². The molecule has 0 fully saturated rings. The quantitative estimate of drug-likeness (QED) is 0.787. The molecule has 1 aromatic carbocycles. The molecular formula is C14H14N4O2. The van der Waals surface area contributed by atoms with Gasteiger partial charge in [-0.1, -0.05) is 0 Å². The number of aromatic amines is 1. The first-order valence-corrected chi connectivity index (χ1v) is 6.36. The second-order valence-electron chi connectivity index (χ2n) is 4.33. The van der Waals surface area contributed by atoms with E-state index in [0.717, 1.165) is 11.4 Å². The van der Waals surface area contributed by atoms with E-state index in [4.69, 9.17) is 4.74 Å². The van der Waals surface area contributed by atoms with E-state index in [1.165, 1.54) is 6.33 Å². The lowest BCUT2D eigenvalue weighted by Gasteiger charge is -2.08. The maximum absolute atomic E-state index is 12.0. The Bertz CT molecular complexity index is 802. The first kappa shape index (κ1) is 12.4. The van der Waals surface area contributed by atoms with Crippen LogP contribution >= 0.6 is 0 Å². The molecule has 0 saturated carbocycles. The van der Waals surface area contributed by atoms with Crippen molar-refractivity contribution in [1.82, 2.24) is 19.5 Å². The number of benzene rings is 1. The van der Waals surface area contributed by atoms with Crippen molar-refractivity contribution in [1.29, 1.82) is 0 Å². The van der Waals surface area contributed by atoms with Crippen molar-refractivity contribution in [3.8, 4) is 11.4 Å². The zero-order chi connectivity index (χ0) is 14.1. The minimum Gasteiger partial charge on any atom is -0.494 e. The average Bonchev–Trinajstić information content (AvgIpc) is 2.78. The number of H-pyrrole nitrogens is 1. The molecule has 6 heteroatoms. The van der Waals surface area contributed by atoms with Crippen molar-refractivity contribution >= 4 is 11.2 Å². The Labute approximate surface area is 115 Å². The largest absolute Gasteiger partial charge is 0.494 e. The summed E-state index contributed by atoms with van der Waals surface area (Å²) in [5, 5.41) is 0. The molecule has 2 heterocycles. The molecule has 3 rings (SSSR count). The second-order valence-corrected chi connectivity index (χ2v) is 4.33. The molecule has 2 aromatic heterocycles. The fourth-order valence-electron chi connectivity index (χ4n) is 2.21. The first-order valence-electron chi connectivity index (χ1n) is 6.36. The molecule has 6 nitrogen and oxygen atoms in total. The lowest BCUT2D eigenvalue weighted by atomic mass is 10.3. The SMILES string of the molecule is CCOc1ccc(-n2c(C)nc3nc[nH]c(=O)c32)cc1. The summed E-state index contributed by atoms with van der Waals surface area (Å²) in [4.78, 5) is 22.9. The summed E-state index contributed by atoms with van der Waals surface area (Å²) in [6.45, 7) is 4.40. The third-order valence-electron chi connectivity index (χ3n) is 3.03. The highest BCUT2D eigenvalue weighted by Crippen LogP contribution is 2.20. The van der Waals surface area contributed by atoms with Gasteiger partial charge in [0, 0.05) is 5.69 Å². The number of ether oxygens (including phenoxy) is 1. The highest BCUT2D eigenvalue weighted by molar-refractivity contribution is 5.73. The summed E-state index contributed by atoms with van der Waals surface area (Å²) in [7, 11) is 0. The molecule has 1 N–H and O–H groups in total. The molecule has 0 bridgehead atoms. The predicted octanol–water partition coefficient (Wildman–Crippen LogP) is 1.82. The van der Waals surface area contributed by atoms with Crippen molar-refractivity contribution in [2.24, 2.45) is 0 Å². The number of nitrogens with one attached hydrogen (secondary N) is 1. The zero-order valence-corrected chi connectivity index (χ0v) is 11.3. The standard InChI is InChI=1S/C14H14N4O2/c1-3-20-11-6-4-10(5-7-11)18-9(2)17-13-12(18)14(19)16-8-15-13/h4-8H,3H2,1-2H3,(H,15,16,19). The Kier molecular flexibility index (Phi) is 2.98. The zero-order valence-electron chi connectivity index (χ0n) is 11.3. The fourth-order valence-corrected chi connectivity index (χ4v) is 2.21. The van der Waals surface area contributed by atoms with Gasteiger partial charge in [-0.3, -0.25) is 9.36 Å². The van der Waals surface area contributed by atoms with Crippen LogP contribution in [0.5, 0.6) is 5.75 Å². The third-order valence-corrected chi connectivity index (χ3v) is 3.03. The van der Waals surface area contributed by atoms with Crippen LogP contribution in [0.3, 0.4) is 0 Å². The first-order chi connectivity index (χ1) is 9.70. The number of fused-ring (bicyclic) bond motifs is 1. The van der Waals surface area contributed by atoms with E-state index in [1.54, 1.807) is 4.57 Å². The average molecular weight is 270 g/mol. The number of aryl methyl sites for hydroxylation is 1. The van der Waals surface area contributed by atoms with Gasteiger partial charge in [-0.25, -0.2) is 9.97 Å². The van der Waals surface area contributed by atoms with Crippen molar-refractivity contribution in [2.75, 3.05) is 6.61 Å². The summed E-state index contributed by atoms with van der Waals surface area (Å²) in [6, 6.07) is 7.53. The van der Waals surface area contributed by atoms with E-state index in [2.05, 4.69) is 15.0 Å². The Morgan fingerprint density at radius 1 is 1.30 bits per heavy atom. The lowest BCUT2D eigenvalue weighted by Crippen LogP contribution is -2.11. The van der Waals surface area contributed by atoms with Gasteiger partial charge in [0.1, 0.15) is 11.6 Å². The summed E-state index contributed by atoms with van der Waals surface area (Å²) in [6.07, 6.45) is 1.36. The fraction of sp³-hybridized carbons (Fsp3) is 0.214. The van der Waals surface area contributed by atoms with Gasteiger partial charge < -0.3 is 9.72 Å². The van der Waals surface area contributed by atoms with E-state index >= 15 is 0 Å². The topological polar surface area (TPSA) is 72.8 Å². The molecule has 0 aliphatic carbocycles. The second kappa shape index (κ2) is 4.80. The number of nitrogens with zero attached hydrogens (tertiary/aromatic N) is 3. The van der Waals surface area contributed by atoms with Crippen molar-refractivity contribution < 1.29 is 4.74 Å². The minimum atomic E-state index is -0.204. The van der Waals surface area contributed by atoms with Crippen LogP contribution in [0.2, 0.25) is 0 Å². The van der Waals surface area contributed by atoms with Crippen molar-refractivity contribution in [3.63, 3.8) is 0 Å². The van der Waals surface area contributed by atoms with Crippen LogP contribution < -0.4 is 10.3 Å². The van der Waals surface area contributed by atoms with Gasteiger partial charge in [0.15, 0.2) is 11.2 Å². The minimum absolute atomic E-state index is 0.204. The van der Waals surface area contributed by atoms with E-state index in [1.807, 2.05) is 38.1 Å². The van der Waals surface area contributed by atoms with Crippen LogP contribution in [-0.4, -0.2) is 26.1 Å². The van der Waals surface area contributed by atoms with Gasteiger partial charge in [-0.15, -0.1) is 0 Å². The number of hydrogen-bond acceptors (Lipinski definition) is 4. The van der Waals surface area contributed by atoms with Crippen molar-refractivity contribution in [3.05, 3.63) is 46.8 Å². The van der Waals surface area contributed by atoms with Gasteiger partial charge >= 0.3 is 0 Å². The molecule has 20 heavy (non-hydrogen) atoms. The van der Waals surface area contributed by atoms with Crippen LogP contribution in [0.4, 0.5) is 0 Å². The number of rotatable bonds is 3. The van der Waals surface area contributed by atoms with E-state index in [9.17, 15) is 4.79 Å². The van der Waals surface area contributed by atoms with E-state index in [0.29, 0.717) is 23.6 Å². The smallest absolute Gasteiger partial charge is 0.277 e. The normalized spacial score (nSPS) is 10.9. The Balaban J connectivity index is 2.19. The molecular weight excluding hydrogens is 256 g/mol. The third kappa shape index (κ3) is 1.95. The lowest BCUT2D eigenvalue weighted by molar-refractivity contribution is 0.340. The number of hydrogen-bond donors (Lipinski definition) is 1. The van der Waals surface area contributed by atoms with Gasteiger partial charge in [0.25, 0.3) is 5.56 Å². The summed E-state index contributed by atoms with van der Waals surface area (Å²) in [5.74, 6) is 1.51. The molecule has 0 aliphatic rings. The Morgan fingerprint density at radius 3 is 2.75 bits per heavy atom. The maximum Gasteiger partial charge on any atom is 0.277 e. The van der Waals surface area contributed by atoms with Gasteiger partial charge in [-0.05, 0) is 38.1 Å². The van der Waals surface area contributed by atoms with Gasteiger partial charge in [0.05, 0.1) is 12.9 Å². The monoisotopic (exact) mass is 270 g/mol. The summed E-state index contributed by atoms with van der Waals surface area (Å²) in [5.41, 5.74) is 1.55. The highest BCUT2D eigenvalue weighted by atomic mass is 16.5. The van der Waals surface area contributed by atoms with Gasteiger partial charge in [-0.2, -0.15) is 0 Å².